The van der Waals surface area contributed by atoms with E-state index in [4.69, 9.17) is 9.47 Å². The highest BCUT2D eigenvalue weighted by Gasteiger charge is 2.46. The molecule has 3 aromatic carbocycles. The van der Waals surface area contributed by atoms with Gasteiger partial charge in [-0.25, -0.2) is 4.39 Å². The summed E-state index contributed by atoms with van der Waals surface area (Å²) in [6.07, 6.45) is 0.462. The normalized spacial score (nSPS) is 14.4. The van der Waals surface area contributed by atoms with Crippen LogP contribution in [0, 0.1) is 5.82 Å². The number of ether oxygens (including phenoxy) is 2. The molecule has 118 valence electrons. The van der Waals surface area contributed by atoms with Crippen molar-refractivity contribution >= 4 is 6.29 Å². The smallest absolute Gasteiger partial charge is 0.305 e. The van der Waals surface area contributed by atoms with Gasteiger partial charge in [0.15, 0.2) is 17.9 Å². The third-order valence-electron chi connectivity index (χ3n) is 4.02. The zero-order valence-corrected chi connectivity index (χ0v) is 12.6. The lowest BCUT2D eigenvalue weighted by molar-refractivity contribution is -0.0472. The third kappa shape index (κ3) is 2.07. The second-order valence-corrected chi connectivity index (χ2v) is 5.47. The molecule has 0 aromatic heterocycles. The minimum atomic E-state index is -1.28. The number of rotatable bonds is 3. The lowest BCUT2D eigenvalue weighted by Gasteiger charge is -2.28. The van der Waals surface area contributed by atoms with Gasteiger partial charge in [0.1, 0.15) is 0 Å². The summed E-state index contributed by atoms with van der Waals surface area (Å²) in [5.74, 6) is -1.78. The maximum absolute atomic E-state index is 14.5. The average molecular weight is 320 g/mol. The van der Waals surface area contributed by atoms with Gasteiger partial charge >= 0.3 is 5.79 Å². The van der Waals surface area contributed by atoms with Gasteiger partial charge in [0.25, 0.3) is 0 Å². The molecule has 0 N–H and O–H groups in total. The van der Waals surface area contributed by atoms with Crippen LogP contribution in [0.4, 0.5) is 4.39 Å². The van der Waals surface area contributed by atoms with E-state index in [1.54, 1.807) is 6.07 Å². The highest BCUT2D eigenvalue weighted by Crippen LogP contribution is 2.49. The highest BCUT2D eigenvalue weighted by atomic mass is 19.1. The molecule has 0 saturated heterocycles. The van der Waals surface area contributed by atoms with E-state index in [0.29, 0.717) is 6.29 Å². The Kier molecular flexibility index (Phi) is 3.31. The molecule has 3 aromatic rings. The predicted octanol–water partition coefficient (Wildman–Crippen LogP) is 4.31. The summed E-state index contributed by atoms with van der Waals surface area (Å²) in [7, 11) is 0. The van der Waals surface area contributed by atoms with E-state index >= 15 is 0 Å². The van der Waals surface area contributed by atoms with Crippen molar-refractivity contribution < 1.29 is 18.7 Å². The number of fused-ring (bicyclic) bond motifs is 1. The maximum Gasteiger partial charge on any atom is 0.305 e. The molecule has 4 rings (SSSR count). The molecule has 4 heteroatoms. The minimum absolute atomic E-state index is 0.0488. The number of carbonyl (C=O) groups excluding carboxylic acids is 1. The number of benzene rings is 3. The van der Waals surface area contributed by atoms with Crippen LogP contribution in [0.1, 0.15) is 21.5 Å². The van der Waals surface area contributed by atoms with Crippen molar-refractivity contribution in [2.45, 2.75) is 5.79 Å². The lowest BCUT2D eigenvalue weighted by Crippen LogP contribution is -2.36. The van der Waals surface area contributed by atoms with Gasteiger partial charge in [0.05, 0.1) is 5.56 Å². The number of carbonyl (C=O) groups is 1. The molecule has 1 heterocycles. The minimum Gasteiger partial charge on any atom is -0.440 e. The largest absolute Gasteiger partial charge is 0.440 e. The fourth-order valence-electron chi connectivity index (χ4n) is 2.86. The van der Waals surface area contributed by atoms with Crippen molar-refractivity contribution in [1.82, 2.24) is 0 Å². The van der Waals surface area contributed by atoms with E-state index in [2.05, 4.69) is 0 Å². The number of aldehydes is 1. The van der Waals surface area contributed by atoms with Crippen molar-refractivity contribution in [2.24, 2.45) is 0 Å². The fourth-order valence-corrected chi connectivity index (χ4v) is 2.86. The van der Waals surface area contributed by atoms with Crippen LogP contribution >= 0.6 is 0 Å². The Morgan fingerprint density at radius 1 is 0.792 bits per heavy atom. The molecule has 0 saturated carbocycles. The van der Waals surface area contributed by atoms with Crippen molar-refractivity contribution in [1.29, 1.82) is 0 Å². The number of hydrogen-bond acceptors (Lipinski definition) is 3. The average Bonchev–Trinajstić information content (AvgIpc) is 3.05. The summed E-state index contributed by atoms with van der Waals surface area (Å²) >= 11 is 0. The molecule has 0 aliphatic carbocycles. The van der Waals surface area contributed by atoms with E-state index in [1.165, 1.54) is 6.07 Å². The van der Waals surface area contributed by atoms with Crippen LogP contribution < -0.4 is 9.47 Å². The molecule has 0 radical (unpaired) electrons. The van der Waals surface area contributed by atoms with Crippen LogP contribution in [0.5, 0.6) is 11.5 Å². The number of hydrogen-bond donors (Lipinski definition) is 0. The molecular weight excluding hydrogens is 307 g/mol. The second kappa shape index (κ2) is 5.49. The van der Waals surface area contributed by atoms with Crippen molar-refractivity contribution in [3.63, 3.8) is 0 Å². The van der Waals surface area contributed by atoms with E-state index in [0.717, 1.165) is 11.1 Å². The number of halogens is 1. The predicted molar refractivity (Wildman–Crippen MR) is 86.7 cm³/mol. The molecule has 0 atom stereocenters. The Morgan fingerprint density at radius 2 is 1.38 bits per heavy atom. The first-order valence-electron chi connectivity index (χ1n) is 7.51. The summed E-state index contributed by atoms with van der Waals surface area (Å²) in [5.41, 5.74) is 1.41. The van der Waals surface area contributed by atoms with Gasteiger partial charge in [0.2, 0.25) is 5.75 Å². The van der Waals surface area contributed by atoms with Gasteiger partial charge in [-0.15, -0.1) is 0 Å². The van der Waals surface area contributed by atoms with Gasteiger partial charge in [0, 0.05) is 11.1 Å². The molecule has 0 bridgehead atoms. The lowest BCUT2D eigenvalue weighted by atomic mass is 9.97. The molecule has 0 fully saturated rings. The second-order valence-electron chi connectivity index (χ2n) is 5.47. The fraction of sp³-hybridized carbons (Fsp3) is 0.0500. The molecule has 24 heavy (non-hydrogen) atoms. The van der Waals surface area contributed by atoms with Gasteiger partial charge < -0.3 is 9.47 Å². The Bertz CT molecular complexity index is 852. The summed E-state index contributed by atoms with van der Waals surface area (Å²) in [6.45, 7) is 0. The van der Waals surface area contributed by atoms with Gasteiger partial charge in [-0.3, -0.25) is 4.79 Å². The zero-order valence-electron chi connectivity index (χ0n) is 12.6. The molecule has 0 spiro atoms. The van der Waals surface area contributed by atoms with Crippen LogP contribution in [-0.4, -0.2) is 6.29 Å². The first kappa shape index (κ1) is 14.5. The molecule has 0 unspecified atom stereocenters. The topological polar surface area (TPSA) is 35.5 Å². The van der Waals surface area contributed by atoms with Crippen LogP contribution in [-0.2, 0) is 5.79 Å². The Hall–Kier alpha value is -3.14. The monoisotopic (exact) mass is 320 g/mol. The molecule has 1 aliphatic heterocycles. The molecular formula is C20H13FO3. The summed E-state index contributed by atoms with van der Waals surface area (Å²) in [6, 6.07) is 21.6. The maximum atomic E-state index is 14.5. The van der Waals surface area contributed by atoms with Gasteiger partial charge in [-0.05, 0) is 12.1 Å². The zero-order chi connectivity index (χ0) is 16.6. The molecule has 1 aliphatic rings. The van der Waals surface area contributed by atoms with Crippen LogP contribution in [0.15, 0.2) is 72.8 Å². The molecule has 3 nitrogen and oxygen atoms in total. The first-order chi connectivity index (χ1) is 11.7. The van der Waals surface area contributed by atoms with Crippen molar-refractivity contribution in [2.75, 3.05) is 0 Å². The van der Waals surface area contributed by atoms with Crippen molar-refractivity contribution in [3.8, 4) is 11.5 Å². The summed E-state index contributed by atoms with van der Waals surface area (Å²) < 4.78 is 26.6. The third-order valence-corrected chi connectivity index (χ3v) is 4.02. The van der Waals surface area contributed by atoms with E-state index < -0.39 is 11.6 Å². The Labute approximate surface area is 138 Å². The Balaban J connectivity index is 1.92. The van der Waals surface area contributed by atoms with Crippen LogP contribution in [0.3, 0.4) is 0 Å². The summed E-state index contributed by atoms with van der Waals surface area (Å²) in [4.78, 5) is 11.0. The van der Waals surface area contributed by atoms with Gasteiger partial charge in [-0.1, -0.05) is 60.7 Å². The van der Waals surface area contributed by atoms with E-state index in [-0.39, 0.29) is 17.1 Å². The first-order valence-corrected chi connectivity index (χ1v) is 7.51. The summed E-state index contributed by atoms with van der Waals surface area (Å²) in [5, 5.41) is 0. The highest BCUT2D eigenvalue weighted by molar-refractivity contribution is 5.77. The van der Waals surface area contributed by atoms with Gasteiger partial charge in [-0.2, -0.15) is 0 Å². The van der Waals surface area contributed by atoms with E-state index in [1.807, 2.05) is 60.7 Å². The Morgan fingerprint density at radius 3 is 1.92 bits per heavy atom. The standard InChI is InChI=1S/C20H13FO3/c21-18-14(13-22)11-12-17-19(18)24-20(23-17,15-7-3-1-4-8-15)16-9-5-2-6-10-16/h1-13H. The van der Waals surface area contributed by atoms with Crippen LogP contribution in [0.2, 0.25) is 0 Å². The SMILES string of the molecule is O=Cc1ccc2c(c1F)OC(c1ccccc1)(c1ccccc1)O2. The quantitative estimate of drug-likeness (QED) is 0.675. The van der Waals surface area contributed by atoms with E-state index in [9.17, 15) is 9.18 Å². The van der Waals surface area contributed by atoms with Crippen molar-refractivity contribution in [3.05, 3.63) is 95.3 Å². The van der Waals surface area contributed by atoms with Crippen LogP contribution in [0.25, 0.3) is 0 Å². The molecule has 0 amide bonds.